The molecule has 1 amide bonds. The lowest BCUT2D eigenvalue weighted by Crippen LogP contribution is -2.12. The summed E-state index contributed by atoms with van der Waals surface area (Å²) in [5.41, 5.74) is 1.06. The summed E-state index contributed by atoms with van der Waals surface area (Å²) in [5.74, 6) is 0.498. The number of amides is 1. The lowest BCUT2D eigenvalue weighted by atomic mass is 10.2. The molecule has 0 aliphatic heterocycles. The van der Waals surface area contributed by atoms with Crippen LogP contribution >= 0.6 is 23.2 Å². The molecule has 0 atom stereocenters. The first kappa shape index (κ1) is 15.7. The molecule has 0 aromatic heterocycles. The molecule has 0 saturated carbocycles. The normalized spacial score (nSPS) is 10.2. The number of benzene rings is 2. The van der Waals surface area contributed by atoms with Crippen molar-refractivity contribution >= 4 is 34.8 Å². The van der Waals surface area contributed by atoms with Gasteiger partial charge in [-0.15, -0.1) is 0 Å². The fourth-order valence-electron chi connectivity index (χ4n) is 1.73. The number of nitrogens with one attached hydrogen (secondary N) is 1. The minimum Gasteiger partial charge on any atom is -0.494 e. The van der Waals surface area contributed by atoms with Gasteiger partial charge in [0.1, 0.15) is 5.75 Å². The standard InChI is InChI=1S/C16H15Cl2NO2/c1-2-9-21-13-6-4-12(5-7-13)19-16(20)14-8-3-11(17)10-15(14)18/h3-8,10H,2,9H2,1H3,(H,19,20). The van der Waals surface area contributed by atoms with Crippen LogP contribution in [0, 0.1) is 0 Å². The van der Waals surface area contributed by atoms with E-state index in [4.69, 9.17) is 27.9 Å². The van der Waals surface area contributed by atoms with Gasteiger partial charge in [-0.05, 0) is 48.9 Å². The number of anilines is 1. The number of hydrogen-bond donors (Lipinski definition) is 1. The van der Waals surface area contributed by atoms with E-state index >= 15 is 0 Å². The molecule has 1 N–H and O–H groups in total. The number of rotatable bonds is 5. The van der Waals surface area contributed by atoms with Crippen LogP contribution in [-0.2, 0) is 0 Å². The van der Waals surface area contributed by atoms with Crippen LogP contribution in [0.25, 0.3) is 0 Å². The highest BCUT2D eigenvalue weighted by Gasteiger charge is 2.11. The van der Waals surface area contributed by atoms with Gasteiger partial charge in [-0.3, -0.25) is 4.79 Å². The van der Waals surface area contributed by atoms with Crippen molar-refractivity contribution < 1.29 is 9.53 Å². The SMILES string of the molecule is CCCOc1ccc(NC(=O)c2ccc(Cl)cc2Cl)cc1. The summed E-state index contributed by atoms with van der Waals surface area (Å²) in [7, 11) is 0. The minimum atomic E-state index is -0.279. The maximum atomic E-state index is 12.1. The van der Waals surface area contributed by atoms with Crippen molar-refractivity contribution in [2.45, 2.75) is 13.3 Å². The monoisotopic (exact) mass is 323 g/mol. The highest BCUT2D eigenvalue weighted by atomic mass is 35.5. The summed E-state index contributed by atoms with van der Waals surface area (Å²) >= 11 is 11.8. The van der Waals surface area contributed by atoms with Crippen LogP contribution in [0.1, 0.15) is 23.7 Å². The predicted molar refractivity (Wildman–Crippen MR) is 86.6 cm³/mol. The third kappa shape index (κ3) is 4.38. The lowest BCUT2D eigenvalue weighted by Gasteiger charge is -2.08. The van der Waals surface area contributed by atoms with Gasteiger partial charge in [-0.2, -0.15) is 0 Å². The number of carbonyl (C=O) groups excluding carboxylic acids is 1. The quantitative estimate of drug-likeness (QED) is 0.837. The second-order valence-electron chi connectivity index (χ2n) is 4.45. The van der Waals surface area contributed by atoms with Crippen molar-refractivity contribution in [3.8, 4) is 5.75 Å². The minimum absolute atomic E-state index is 0.279. The van der Waals surface area contributed by atoms with Gasteiger partial charge in [-0.25, -0.2) is 0 Å². The van der Waals surface area contributed by atoms with Gasteiger partial charge in [0.25, 0.3) is 5.91 Å². The van der Waals surface area contributed by atoms with Crippen molar-refractivity contribution in [1.82, 2.24) is 0 Å². The van der Waals surface area contributed by atoms with Crippen molar-refractivity contribution in [2.24, 2.45) is 0 Å². The Morgan fingerprint density at radius 2 is 1.86 bits per heavy atom. The Hall–Kier alpha value is -1.71. The largest absolute Gasteiger partial charge is 0.494 e. The number of carbonyl (C=O) groups is 1. The predicted octanol–water partition coefficient (Wildman–Crippen LogP) is 5.03. The average molecular weight is 324 g/mol. The summed E-state index contributed by atoms with van der Waals surface area (Å²) in [6.45, 7) is 2.72. The summed E-state index contributed by atoms with van der Waals surface area (Å²) in [5, 5.41) is 3.60. The van der Waals surface area contributed by atoms with Gasteiger partial charge in [0.15, 0.2) is 0 Å². The van der Waals surface area contributed by atoms with Crippen LogP contribution in [0.3, 0.4) is 0 Å². The second-order valence-corrected chi connectivity index (χ2v) is 5.29. The molecule has 0 heterocycles. The number of halogens is 2. The van der Waals surface area contributed by atoms with Gasteiger partial charge >= 0.3 is 0 Å². The van der Waals surface area contributed by atoms with Crippen molar-refractivity contribution in [3.05, 3.63) is 58.1 Å². The molecule has 110 valence electrons. The topological polar surface area (TPSA) is 38.3 Å². The molecule has 5 heteroatoms. The molecule has 0 radical (unpaired) electrons. The molecule has 21 heavy (non-hydrogen) atoms. The molecule has 3 nitrogen and oxygen atoms in total. The molecule has 2 rings (SSSR count). The Morgan fingerprint density at radius 3 is 2.48 bits per heavy atom. The lowest BCUT2D eigenvalue weighted by molar-refractivity contribution is 0.102. The molecular formula is C16H15Cl2NO2. The number of ether oxygens (including phenoxy) is 1. The molecule has 0 aliphatic rings. The summed E-state index contributed by atoms with van der Waals surface area (Å²) in [6.07, 6.45) is 0.952. The highest BCUT2D eigenvalue weighted by Crippen LogP contribution is 2.22. The Morgan fingerprint density at radius 1 is 1.14 bits per heavy atom. The van der Waals surface area contributed by atoms with E-state index in [0.717, 1.165) is 12.2 Å². The summed E-state index contributed by atoms with van der Waals surface area (Å²) < 4.78 is 5.48. The fraction of sp³-hybridized carbons (Fsp3) is 0.188. The third-order valence-corrected chi connectivity index (χ3v) is 3.31. The maximum Gasteiger partial charge on any atom is 0.257 e. The molecule has 0 spiro atoms. The van der Waals surface area contributed by atoms with Gasteiger partial charge in [0.2, 0.25) is 0 Å². The van der Waals surface area contributed by atoms with E-state index in [9.17, 15) is 4.79 Å². The van der Waals surface area contributed by atoms with Crippen LogP contribution in [0.4, 0.5) is 5.69 Å². The zero-order valence-corrected chi connectivity index (χ0v) is 13.0. The Kier molecular flexibility index (Phi) is 5.48. The van der Waals surface area contributed by atoms with E-state index in [1.165, 1.54) is 0 Å². The molecule has 0 bridgehead atoms. The van der Waals surface area contributed by atoms with Crippen LogP contribution < -0.4 is 10.1 Å². The van der Waals surface area contributed by atoms with Crippen molar-refractivity contribution in [1.29, 1.82) is 0 Å². The number of hydrogen-bond acceptors (Lipinski definition) is 2. The fourth-order valence-corrected chi connectivity index (χ4v) is 2.22. The Bertz CT molecular complexity index is 627. The van der Waals surface area contributed by atoms with E-state index in [0.29, 0.717) is 27.9 Å². The van der Waals surface area contributed by atoms with Crippen molar-refractivity contribution in [3.63, 3.8) is 0 Å². The highest BCUT2D eigenvalue weighted by molar-refractivity contribution is 6.37. The van der Waals surface area contributed by atoms with Gasteiger partial charge in [0.05, 0.1) is 17.2 Å². The average Bonchev–Trinajstić information content (AvgIpc) is 2.46. The molecule has 0 unspecified atom stereocenters. The molecular weight excluding hydrogens is 309 g/mol. The smallest absolute Gasteiger partial charge is 0.257 e. The van der Waals surface area contributed by atoms with Gasteiger partial charge in [-0.1, -0.05) is 30.1 Å². The summed E-state index contributed by atoms with van der Waals surface area (Å²) in [4.78, 5) is 12.1. The molecule has 2 aromatic carbocycles. The van der Waals surface area contributed by atoms with E-state index in [1.807, 2.05) is 19.1 Å². The van der Waals surface area contributed by atoms with E-state index in [-0.39, 0.29) is 5.91 Å². The first-order chi connectivity index (χ1) is 10.1. The maximum absolute atomic E-state index is 12.1. The summed E-state index contributed by atoms with van der Waals surface area (Å²) in [6, 6.07) is 12.0. The van der Waals surface area contributed by atoms with E-state index in [2.05, 4.69) is 5.32 Å². The second kappa shape index (κ2) is 7.34. The first-order valence-corrected chi connectivity index (χ1v) is 7.35. The first-order valence-electron chi connectivity index (χ1n) is 6.59. The van der Waals surface area contributed by atoms with Gasteiger partial charge in [0, 0.05) is 10.7 Å². The van der Waals surface area contributed by atoms with Crippen LogP contribution in [0.5, 0.6) is 5.75 Å². The Labute approximate surface area is 133 Å². The molecule has 2 aromatic rings. The Balaban J connectivity index is 2.05. The van der Waals surface area contributed by atoms with E-state index in [1.54, 1.807) is 30.3 Å². The van der Waals surface area contributed by atoms with E-state index < -0.39 is 0 Å². The third-order valence-electron chi connectivity index (χ3n) is 2.76. The molecule has 0 fully saturated rings. The van der Waals surface area contributed by atoms with Crippen LogP contribution in [-0.4, -0.2) is 12.5 Å². The molecule has 0 aliphatic carbocycles. The van der Waals surface area contributed by atoms with Crippen LogP contribution in [0.15, 0.2) is 42.5 Å². The molecule has 0 saturated heterocycles. The zero-order chi connectivity index (χ0) is 15.2. The van der Waals surface area contributed by atoms with Gasteiger partial charge < -0.3 is 10.1 Å². The van der Waals surface area contributed by atoms with Crippen LogP contribution in [0.2, 0.25) is 10.0 Å². The zero-order valence-electron chi connectivity index (χ0n) is 11.5. The van der Waals surface area contributed by atoms with Crippen molar-refractivity contribution in [2.75, 3.05) is 11.9 Å².